The monoisotopic (exact) mass is 546 g/mol. The quantitative estimate of drug-likeness (QED) is 0.501. The summed E-state index contributed by atoms with van der Waals surface area (Å²) in [4.78, 5) is 23.9. The number of likely N-dealkylation sites (N-methyl/N-ethyl adjacent to an activating group) is 1. The zero-order valence-electron chi connectivity index (χ0n) is 21.1. The molecule has 3 aliphatic heterocycles. The van der Waals surface area contributed by atoms with Gasteiger partial charge in [0, 0.05) is 69.1 Å². The molecule has 10 nitrogen and oxygen atoms in total. The largest absolute Gasteiger partial charge is 0.380 e. The summed E-state index contributed by atoms with van der Waals surface area (Å²) in [7, 11) is -1.34. The van der Waals surface area contributed by atoms with E-state index < -0.39 is 15.1 Å². The van der Waals surface area contributed by atoms with E-state index in [9.17, 15) is 13.2 Å². The Morgan fingerprint density at radius 2 is 1.86 bits per heavy atom. The molecule has 1 N–H and O–H groups in total. The first-order valence-electron chi connectivity index (χ1n) is 12.8. The number of ether oxygens (including phenoxy) is 1. The lowest BCUT2D eigenvalue weighted by molar-refractivity contribution is -0.110. The number of hydrogen-bond donors (Lipinski definition) is 1. The van der Waals surface area contributed by atoms with E-state index in [0.717, 1.165) is 63.5 Å². The van der Waals surface area contributed by atoms with Crippen LogP contribution in [-0.2, 0) is 25.9 Å². The summed E-state index contributed by atoms with van der Waals surface area (Å²) in [6.07, 6.45) is 4.38. The van der Waals surface area contributed by atoms with Crippen molar-refractivity contribution in [2.24, 2.45) is 5.10 Å². The van der Waals surface area contributed by atoms with Gasteiger partial charge in [0.15, 0.2) is 20.7 Å². The van der Waals surface area contributed by atoms with Crippen LogP contribution in [0.15, 0.2) is 40.5 Å². The van der Waals surface area contributed by atoms with Crippen LogP contribution in [0.1, 0.15) is 29.7 Å². The number of benzene rings is 1. The maximum absolute atomic E-state index is 13.4. The molecule has 0 spiro atoms. The van der Waals surface area contributed by atoms with Gasteiger partial charge in [-0.15, -0.1) is 11.3 Å². The van der Waals surface area contributed by atoms with Crippen LogP contribution < -0.4 is 5.32 Å². The van der Waals surface area contributed by atoms with Gasteiger partial charge in [0.2, 0.25) is 0 Å². The van der Waals surface area contributed by atoms with Crippen molar-refractivity contribution >= 4 is 37.9 Å². The predicted molar refractivity (Wildman–Crippen MR) is 144 cm³/mol. The van der Waals surface area contributed by atoms with Gasteiger partial charge in [-0.3, -0.25) is 20.0 Å². The van der Waals surface area contributed by atoms with Gasteiger partial charge in [-0.05, 0) is 38.4 Å². The number of amides is 1. The molecule has 0 bridgehead atoms. The molecule has 0 radical (unpaired) electrons. The van der Waals surface area contributed by atoms with E-state index in [4.69, 9.17) is 4.74 Å². The fourth-order valence-corrected chi connectivity index (χ4v) is 7.18. The van der Waals surface area contributed by atoms with Gasteiger partial charge in [0.1, 0.15) is 0 Å². The van der Waals surface area contributed by atoms with Crippen molar-refractivity contribution in [2.75, 3.05) is 64.8 Å². The highest BCUT2D eigenvalue weighted by atomic mass is 32.2. The topological polar surface area (TPSA) is 107 Å². The molecule has 1 amide bonds. The molecular formula is C25H34N6O4S2. The van der Waals surface area contributed by atoms with E-state index >= 15 is 0 Å². The summed E-state index contributed by atoms with van der Waals surface area (Å²) >= 11 is 1.47. The third-order valence-corrected chi connectivity index (χ3v) is 10.1. The first-order chi connectivity index (χ1) is 17.9. The maximum atomic E-state index is 13.4. The lowest BCUT2D eigenvalue weighted by Crippen LogP contribution is -2.43. The van der Waals surface area contributed by atoms with Gasteiger partial charge in [-0.2, -0.15) is 5.10 Å². The Kier molecular flexibility index (Phi) is 8.20. The summed E-state index contributed by atoms with van der Waals surface area (Å²) in [5.41, 5.74) is 0.825. The maximum Gasteiger partial charge on any atom is 0.278 e. The van der Waals surface area contributed by atoms with Crippen LogP contribution in [-0.4, -0.2) is 105 Å². The van der Waals surface area contributed by atoms with Gasteiger partial charge in [0.25, 0.3) is 5.91 Å². The second kappa shape index (κ2) is 11.6. The minimum Gasteiger partial charge on any atom is -0.380 e. The number of nitrogens with one attached hydrogen (secondary N) is 1. The van der Waals surface area contributed by atoms with E-state index in [1.165, 1.54) is 11.3 Å². The van der Waals surface area contributed by atoms with Gasteiger partial charge >= 0.3 is 0 Å². The van der Waals surface area contributed by atoms with Gasteiger partial charge in [0.05, 0.1) is 16.8 Å². The fraction of sp³-hybridized carbons (Fsp3) is 0.560. The molecule has 5 rings (SSSR count). The highest BCUT2D eigenvalue weighted by molar-refractivity contribution is 7.92. The first kappa shape index (κ1) is 26.2. The normalized spacial score (nSPS) is 22.0. The molecule has 3 fully saturated rings. The summed E-state index contributed by atoms with van der Waals surface area (Å²) in [5, 5.41) is 9.48. The Bertz CT molecular complexity index is 1210. The molecule has 3 aliphatic rings. The summed E-state index contributed by atoms with van der Waals surface area (Å²) in [6, 6.07) is 6.45. The molecular weight excluding hydrogens is 512 g/mol. The van der Waals surface area contributed by atoms with Crippen molar-refractivity contribution in [1.29, 1.82) is 0 Å². The number of carbonyl (C=O) groups is 1. The summed E-state index contributed by atoms with van der Waals surface area (Å²) in [6.45, 7) is 7.21. The number of rotatable bonds is 8. The molecule has 12 heteroatoms. The van der Waals surface area contributed by atoms with Crippen LogP contribution in [0.5, 0.6) is 0 Å². The standard InChI is InChI=1S/C25H34N6O4S2/c1-29-11-13-30(14-12-29)17-20-16-26-25(36-20)27-24(32)23(28-31-9-2-3-10-31)19-4-6-21(7-5-19)37(33,34)22-8-15-35-18-22/h4-7,16,22H,2-3,8-15,17-18H2,1H3,(H,26,27,32)/t22-/m0/s1. The Labute approximate surface area is 222 Å². The van der Waals surface area contributed by atoms with E-state index in [1.807, 2.05) is 11.2 Å². The molecule has 0 unspecified atom stereocenters. The van der Waals surface area contributed by atoms with Crippen LogP contribution in [0.3, 0.4) is 0 Å². The second-order valence-electron chi connectivity index (χ2n) is 9.83. The Balaban J connectivity index is 1.30. The van der Waals surface area contributed by atoms with Gasteiger partial charge in [-0.1, -0.05) is 12.1 Å². The average Bonchev–Trinajstić information content (AvgIpc) is 3.68. The summed E-state index contributed by atoms with van der Waals surface area (Å²) in [5.74, 6) is -0.354. The zero-order valence-corrected chi connectivity index (χ0v) is 22.8. The van der Waals surface area contributed by atoms with Crippen molar-refractivity contribution in [1.82, 2.24) is 19.8 Å². The van der Waals surface area contributed by atoms with Crippen molar-refractivity contribution in [3.8, 4) is 0 Å². The number of aromatic nitrogens is 1. The Morgan fingerprint density at radius 1 is 1.14 bits per heavy atom. The molecule has 4 heterocycles. The highest BCUT2D eigenvalue weighted by Crippen LogP contribution is 2.24. The molecule has 0 aliphatic carbocycles. The highest BCUT2D eigenvalue weighted by Gasteiger charge is 2.31. The molecule has 1 atom stereocenters. The van der Waals surface area contributed by atoms with Crippen molar-refractivity contribution in [3.05, 3.63) is 40.9 Å². The van der Waals surface area contributed by atoms with Gasteiger partial charge in [-0.25, -0.2) is 13.4 Å². The van der Waals surface area contributed by atoms with E-state index in [1.54, 1.807) is 24.3 Å². The fourth-order valence-electron chi connectivity index (χ4n) is 4.75. The molecule has 1 aromatic carbocycles. The third-order valence-electron chi connectivity index (χ3n) is 7.07. The Hall–Kier alpha value is -2.38. The number of carbonyl (C=O) groups excluding carboxylic acids is 1. The second-order valence-corrected chi connectivity index (χ2v) is 13.2. The predicted octanol–water partition coefficient (Wildman–Crippen LogP) is 1.89. The zero-order chi connectivity index (χ0) is 25.8. The van der Waals surface area contributed by atoms with Crippen molar-refractivity contribution in [2.45, 2.75) is 36.0 Å². The van der Waals surface area contributed by atoms with Crippen LogP contribution >= 0.6 is 11.3 Å². The van der Waals surface area contributed by atoms with Crippen LogP contribution in [0.2, 0.25) is 0 Å². The summed E-state index contributed by atoms with van der Waals surface area (Å²) < 4.78 is 31.1. The number of sulfone groups is 1. The first-order valence-corrected chi connectivity index (χ1v) is 15.2. The number of anilines is 1. The number of hydrazone groups is 1. The molecule has 0 saturated carbocycles. The molecule has 200 valence electrons. The van der Waals surface area contributed by atoms with Crippen LogP contribution in [0.4, 0.5) is 5.13 Å². The number of piperazine rings is 1. The number of nitrogens with zero attached hydrogens (tertiary/aromatic N) is 5. The van der Waals surface area contributed by atoms with Gasteiger partial charge < -0.3 is 9.64 Å². The average molecular weight is 547 g/mol. The number of thiazole rings is 1. The van der Waals surface area contributed by atoms with E-state index in [2.05, 4.69) is 32.2 Å². The van der Waals surface area contributed by atoms with Crippen molar-refractivity contribution in [3.63, 3.8) is 0 Å². The lowest BCUT2D eigenvalue weighted by Gasteiger charge is -2.31. The third kappa shape index (κ3) is 6.37. The smallest absolute Gasteiger partial charge is 0.278 e. The van der Waals surface area contributed by atoms with Crippen LogP contribution in [0.25, 0.3) is 0 Å². The SMILES string of the molecule is CN1CCN(Cc2cnc(NC(=O)C(=NN3CCCC3)c3ccc(S(=O)(=O)[C@H]4CCOC4)cc3)s2)CC1. The van der Waals surface area contributed by atoms with Crippen molar-refractivity contribution < 1.29 is 17.9 Å². The number of hydrogen-bond acceptors (Lipinski definition) is 10. The molecule has 37 heavy (non-hydrogen) atoms. The van der Waals surface area contributed by atoms with Crippen LogP contribution in [0, 0.1) is 0 Å². The van der Waals surface area contributed by atoms with E-state index in [-0.39, 0.29) is 23.1 Å². The lowest BCUT2D eigenvalue weighted by atomic mass is 10.1. The molecule has 1 aromatic heterocycles. The molecule has 2 aromatic rings. The minimum atomic E-state index is -3.48. The Morgan fingerprint density at radius 3 is 2.54 bits per heavy atom. The minimum absolute atomic E-state index is 0.221. The van der Waals surface area contributed by atoms with E-state index in [0.29, 0.717) is 23.7 Å². The molecule has 3 saturated heterocycles.